The molecule has 1 aliphatic heterocycles. The topological polar surface area (TPSA) is 73.5 Å². The molecule has 0 unspecified atom stereocenters. The number of carbonyl (C=O) groups excluding carboxylic acids is 2. The summed E-state index contributed by atoms with van der Waals surface area (Å²) in [7, 11) is 0. The molecule has 0 radical (unpaired) electrons. The molecule has 0 saturated carbocycles. The van der Waals surface area contributed by atoms with Crippen molar-refractivity contribution in [1.82, 2.24) is 10.6 Å². The van der Waals surface area contributed by atoms with E-state index in [-0.39, 0.29) is 18.0 Å². The molecule has 2 aromatic carbocycles. The highest BCUT2D eigenvalue weighted by molar-refractivity contribution is 5.97. The molecule has 3 amide bonds. The van der Waals surface area contributed by atoms with E-state index < -0.39 is 0 Å². The van der Waals surface area contributed by atoms with Crippen molar-refractivity contribution in [2.24, 2.45) is 0 Å². The molecule has 1 saturated heterocycles. The molecule has 148 valence electrons. The first-order chi connectivity index (χ1) is 13.6. The second-order valence-corrected chi connectivity index (χ2v) is 7.08. The maximum absolute atomic E-state index is 12.5. The Morgan fingerprint density at radius 2 is 1.79 bits per heavy atom. The Hall–Kier alpha value is -3.02. The number of nitrogens with one attached hydrogen (secondary N) is 3. The SMILES string of the molecule is CCNC(=O)c1ccc(C)c(NC(=O)NC2CCN(c3ccccc3)CC2)c1. The van der Waals surface area contributed by atoms with Gasteiger partial charge in [-0.25, -0.2) is 4.79 Å². The lowest BCUT2D eigenvalue weighted by Gasteiger charge is -2.34. The van der Waals surface area contributed by atoms with Crippen molar-refractivity contribution in [3.8, 4) is 0 Å². The van der Waals surface area contributed by atoms with Crippen molar-refractivity contribution < 1.29 is 9.59 Å². The molecule has 0 bridgehead atoms. The zero-order chi connectivity index (χ0) is 19.9. The molecule has 0 aliphatic carbocycles. The van der Waals surface area contributed by atoms with Crippen LogP contribution in [-0.2, 0) is 0 Å². The van der Waals surface area contributed by atoms with Crippen LogP contribution in [0.25, 0.3) is 0 Å². The average molecular weight is 380 g/mol. The molecular weight excluding hydrogens is 352 g/mol. The van der Waals surface area contributed by atoms with E-state index in [9.17, 15) is 9.59 Å². The number of rotatable bonds is 5. The van der Waals surface area contributed by atoms with E-state index in [1.165, 1.54) is 5.69 Å². The Morgan fingerprint density at radius 1 is 1.07 bits per heavy atom. The maximum atomic E-state index is 12.5. The van der Waals surface area contributed by atoms with Crippen LogP contribution in [0.5, 0.6) is 0 Å². The largest absolute Gasteiger partial charge is 0.371 e. The molecule has 6 nitrogen and oxygen atoms in total. The number of hydrogen-bond donors (Lipinski definition) is 3. The minimum Gasteiger partial charge on any atom is -0.371 e. The summed E-state index contributed by atoms with van der Waals surface area (Å²) in [6.07, 6.45) is 1.81. The summed E-state index contributed by atoms with van der Waals surface area (Å²) in [5.74, 6) is -0.140. The van der Waals surface area contributed by atoms with Gasteiger partial charge >= 0.3 is 6.03 Å². The van der Waals surface area contributed by atoms with Crippen molar-refractivity contribution in [3.05, 3.63) is 59.7 Å². The Kier molecular flexibility index (Phi) is 6.53. The number of nitrogens with zero attached hydrogens (tertiary/aromatic N) is 1. The summed E-state index contributed by atoms with van der Waals surface area (Å²) in [6, 6.07) is 15.6. The highest BCUT2D eigenvalue weighted by atomic mass is 16.2. The molecule has 0 atom stereocenters. The Morgan fingerprint density at radius 3 is 2.46 bits per heavy atom. The van der Waals surface area contributed by atoms with E-state index in [2.05, 4.69) is 33.0 Å². The third kappa shape index (κ3) is 5.03. The predicted molar refractivity (Wildman–Crippen MR) is 113 cm³/mol. The summed E-state index contributed by atoms with van der Waals surface area (Å²) in [5.41, 5.74) is 3.34. The number of hydrogen-bond acceptors (Lipinski definition) is 3. The van der Waals surface area contributed by atoms with E-state index >= 15 is 0 Å². The van der Waals surface area contributed by atoms with Crippen LogP contribution in [0.1, 0.15) is 35.7 Å². The number of urea groups is 1. The summed E-state index contributed by atoms with van der Waals surface area (Å²) in [6.45, 7) is 6.19. The highest BCUT2D eigenvalue weighted by Crippen LogP contribution is 2.20. The van der Waals surface area contributed by atoms with Crippen molar-refractivity contribution in [2.45, 2.75) is 32.7 Å². The van der Waals surface area contributed by atoms with Crippen molar-refractivity contribution in [3.63, 3.8) is 0 Å². The van der Waals surface area contributed by atoms with Gasteiger partial charge in [0, 0.05) is 42.6 Å². The lowest BCUT2D eigenvalue weighted by atomic mass is 10.0. The predicted octanol–water partition coefficient (Wildman–Crippen LogP) is 3.54. The van der Waals surface area contributed by atoms with Gasteiger partial charge in [-0.1, -0.05) is 24.3 Å². The summed E-state index contributed by atoms with van der Waals surface area (Å²) < 4.78 is 0. The van der Waals surface area contributed by atoms with Crippen LogP contribution in [0.4, 0.5) is 16.2 Å². The van der Waals surface area contributed by atoms with Crippen LogP contribution in [-0.4, -0.2) is 37.6 Å². The number of benzene rings is 2. The molecule has 0 aromatic heterocycles. The minimum atomic E-state index is -0.227. The minimum absolute atomic E-state index is 0.140. The molecule has 28 heavy (non-hydrogen) atoms. The van der Waals surface area contributed by atoms with Gasteiger partial charge in [-0.3, -0.25) is 4.79 Å². The number of carbonyl (C=O) groups is 2. The van der Waals surface area contributed by atoms with Gasteiger partial charge < -0.3 is 20.9 Å². The normalized spacial score (nSPS) is 14.4. The van der Waals surface area contributed by atoms with Crippen LogP contribution in [0.3, 0.4) is 0 Å². The van der Waals surface area contributed by atoms with Crippen LogP contribution in [0.2, 0.25) is 0 Å². The van der Waals surface area contributed by atoms with Gasteiger partial charge in [0.15, 0.2) is 0 Å². The Labute approximate surface area is 166 Å². The van der Waals surface area contributed by atoms with Gasteiger partial charge in [0.1, 0.15) is 0 Å². The van der Waals surface area contributed by atoms with Gasteiger partial charge in [-0.05, 0) is 56.5 Å². The van der Waals surface area contributed by atoms with Gasteiger partial charge in [0.25, 0.3) is 5.91 Å². The van der Waals surface area contributed by atoms with E-state index in [1.54, 1.807) is 12.1 Å². The van der Waals surface area contributed by atoms with E-state index in [0.717, 1.165) is 31.5 Å². The maximum Gasteiger partial charge on any atom is 0.319 e. The fourth-order valence-electron chi connectivity index (χ4n) is 3.43. The second kappa shape index (κ2) is 9.26. The zero-order valence-corrected chi connectivity index (χ0v) is 16.5. The van der Waals surface area contributed by atoms with E-state index in [4.69, 9.17) is 0 Å². The van der Waals surface area contributed by atoms with Gasteiger partial charge in [-0.2, -0.15) is 0 Å². The van der Waals surface area contributed by atoms with Crippen LogP contribution < -0.4 is 20.9 Å². The molecule has 3 N–H and O–H groups in total. The number of piperidine rings is 1. The van der Waals surface area contributed by atoms with Gasteiger partial charge in [-0.15, -0.1) is 0 Å². The molecule has 1 fully saturated rings. The number of anilines is 2. The fourth-order valence-corrected chi connectivity index (χ4v) is 3.43. The standard InChI is InChI=1S/C22H28N4O2/c1-3-23-21(27)17-10-9-16(2)20(15-17)25-22(28)24-18-11-13-26(14-12-18)19-7-5-4-6-8-19/h4-10,15,18H,3,11-14H2,1-2H3,(H,23,27)(H2,24,25,28). The number of amides is 3. The number of aryl methyl sites for hydroxylation is 1. The van der Waals surface area contributed by atoms with E-state index in [1.807, 2.05) is 38.1 Å². The molecule has 6 heteroatoms. The molecule has 0 spiro atoms. The first-order valence-electron chi connectivity index (χ1n) is 9.83. The summed E-state index contributed by atoms with van der Waals surface area (Å²) in [5, 5.41) is 8.73. The quantitative estimate of drug-likeness (QED) is 0.743. The Balaban J connectivity index is 1.53. The first kappa shape index (κ1) is 19.7. The summed E-state index contributed by atoms with van der Waals surface area (Å²) >= 11 is 0. The van der Waals surface area contributed by atoms with Gasteiger partial charge in [0.2, 0.25) is 0 Å². The highest BCUT2D eigenvalue weighted by Gasteiger charge is 2.21. The smallest absolute Gasteiger partial charge is 0.319 e. The van der Waals surface area contributed by atoms with Crippen LogP contribution in [0, 0.1) is 6.92 Å². The molecular formula is C22H28N4O2. The third-order valence-corrected chi connectivity index (χ3v) is 5.04. The first-order valence-corrected chi connectivity index (χ1v) is 9.83. The molecule has 3 rings (SSSR count). The second-order valence-electron chi connectivity index (χ2n) is 7.08. The van der Waals surface area contributed by atoms with Crippen molar-refractivity contribution in [1.29, 1.82) is 0 Å². The lowest BCUT2D eigenvalue weighted by molar-refractivity contribution is 0.0956. The van der Waals surface area contributed by atoms with E-state index in [0.29, 0.717) is 17.8 Å². The fraction of sp³-hybridized carbons (Fsp3) is 0.364. The monoisotopic (exact) mass is 380 g/mol. The third-order valence-electron chi connectivity index (χ3n) is 5.04. The molecule has 1 aliphatic rings. The van der Waals surface area contributed by atoms with Crippen LogP contribution >= 0.6 is 0 Å². The molecule has 1 heterocycles. The average Bonchev–Trinajstić information content (AvgIpc) is 2.71. The molecule has 2 aromatic rings. The van der Waals surface area contributed by atoms with Crippen molar-refractivity contribution >= 4 is 23.3 Å². The van der Waals surface area contributed by atoms with Crippen LogP contribution in [0.15, 0.2) is 48.5 Å². The van der Waals surface area contributed by atoms with Crippen molar-refractivity contribution in [2.75, 3.05) is 29.9 Å². The lowest BCUT2D eigenvalue weighted by Crippen LogP contribution is -2.46. The van der Waals surface area contributed by atoms with Gasteiger partial charge in [0.05, 0.1) is 0 Å². The zero-order valence-electron chi connectivity index (χ0n) is 16.5. The number of para-hydroxylation sites is 1. The Bertz CT molecular complexity index is 815. The summed E-state index contributed by atoms with van der Waals surface area (Å²) in [4.78, 5) is 26.8.